The average molecular weight is 607 g/mol. The molecule has 2 aromatic rings. The van der Waals surface area contributed by atoms with Crippen LogP contribution < -0.4 is 10.1 Å². The zero-order valence-corrected chi connectivity index (χ0v) is 25.2. The monoisotopic (exact) mass is 606 g/mol. The molecule has 5 rings (SSSR count). The summed E-state index contributed by atoms with van der Waals surface area (Å²) in [5, 5.41) is 3.29. The van der Waals surface area contributed by atoms with E-state index < -0.39 is 5.91 Å². The summed E-state index contributed by atoms with van der Waals surface area (Å²) in [6.07, 6.45) is 3.58. The summed E-state index contributed by atoms with van der Waals surface area (Å²) in [7, 11) is 0. The van der Waals surface area contributed by atoms with Crippen LogP contribution in [-0.2, 0) is 19.1 Å². The van der Waals surface area contributed by atoms with Crippen LogP contribution in [0.2, 0.25) is 0 Å². The summed E-state index contributed by atoms with van der Waals surface area (Å²) >= 11 is 0. The number of carbonyl (C=O) groups is 5. The Kier molecular flexibility index (Phi) is 9.61. The predicted molar refractivity (Wildman–Crippen MR) is 160 cm³/mol. The minimum absolute atomic E-state index is 0.0525. The van der Waals surface area contributed by atoms with Crippen LogP contribution in [0.25, 0.3) is 10.9 Å². The van der Waals surface area contributed by atoms with Gasteiger partial charge in [-0.05, 0) is 31.0 Å². The van der Waals surface area contributed by atoms with Gasteiger partial charge in [-0.15, -0.1) is 0 Å². The van der Waals surface area contributed by atoms with Gasteiger partial charge in [-0.2, -0.15) is 0 Å². The highest BCUT2D eigenvalue weighted by molar-refractivity contribution is 5.98. The van der Waals surface area contributed by atoms with Crippen molar-refractivity contribution in [2.45, 2.75) is 33.1 Å². The quantitative estimate of drug-likeness (QED) is 0.425. The number of piperazine rings is 2. The number of carbonyl (C=O) groups excluding carboxylic acids is 5. The van der Waals surface area contributed by atoms with Crippen molar-refractivity contribution in [3.05, 3.63) is 47.3 Å². The van der Waals surface area contributed by atoms with Crippen molar-refractivity contribution in [2.75, 3.05) is 65.6 Å². The van der Waals surface area contributed by atoms with Gasteiger partial charge in [-0.1, -0.05) is 25.5 Å². The molecule has 2 saturated heterocycles. The van der Waals surface area contributed by atoms with Crippen LogP contribution in [0, 0.1) is 6.92 Å². The number of hydrogen-bond donors (Lipinski definition) is 1. The van der Waals surface area contributed by atoms with Gasteiger partial charge in [0.05, 0.1) is 25.2 Å². The van der Waals surface area contributed by atoms with E-state index in [1.807, 2.05) is 38.1 Å². The van der Waals surface area contributed by atoms with Crippen LogP contribution in [0.1, 0.15) is 42.2 Å². The van der Waals surface area contributed by atoms with E-state index in [1.165, 1.54) is 6.07 Å². The maximum absolute atomic E-state index is 13.1. The van der Waals surface area contributed by atoms with Crippen LogP contribution >= 0.6 is 0 Å². The molecule has 1 N–H and O–H groups in total. The number of aryl methyl sites for hydroxylation is 1. The summed E-state index contributed by atoms with van der Waals surface area (Å²) in [5.41, 5.74) is 2.35. The SMILES string of the molecule is CCCCOC(=O)N1CCN(C(=O)CNC(=O)c2cc(OCC(=O)N3CCN4C(=O)CC=C4C3)c3ccc(C)cc3n2)CC1. The second-order valence-electron chi connectivity index (χ2n) is 11.1. The molecule has 13 heteroatoms. The molecule has 0 radical (unpaired) electrons. The highest BCUT2D eigenvalue weighted by Crippen LogP contribution is 2.27. The number of amides is 5. The lowest BCUT2D eigenvalue weighted by Crippen LogP contribution is -2.52. The number of pyridine rings is 1. The molecule has 0 bridgehead atoms. The molecule has 1 aromatic heterocycles. The maximum atomic E-state index is 13.1. The summed E-state index contributed by atoms with van der Waals surface area (Å²) in [6.45, 7) is 6.48. The minimum Gasteiger partial charge on any atom is -0.483 e. The molecule has 2 fully saturated rings. The number of nitrogens with zero attached hydrogens (tertiary/aromatic N) is 5. The second-order valence-corrected chi connectivity index (χ2v) is 11.1. The molecule has 0 saturated carbocycles. The molecule has 3 aliphatic rings. The molecule has 0 atom stereocenters. The number of fused-ring (bicyclic) bond motifs is 2. The number of hydrogen-bond acceptors (Lipinski definition) is 8. The summed E-state index contributed by atoms with van der Waals surface area (Å²) < 4.78 is 11.2. The maximum Gasteiger partial charge on any atom is 0.409 e. The van der Waals surface area contributed by atoms with Gasteiger partial charge in [0.25, 0.3) is 11.8 Å². The normalized spacial score (nSPS) is 16.5. The van der Waals surface area contributed by atoms with Crippen molar-refractivity contribution in [3.63, 3.8) is 0 Å². The van der Waals surface area contributed by atoms with Crippen molar-refractivity contribution < 1.29 is 33.4 Å². The molecule has 13 nitrogen and oxygen atoms in total. The van der Waals surface area contributed by atoms with E-state index in [9.17, 15) is 24.0 Å². The Labute approximate surface area is 255 Å². The van der Waals surface area contributed by atoms with E-state index >= 15 is 0 Å². The van der Waals surface area contributed by atoms with Crippen molar-refractivity contribution in [2.24, 2.45) is 0 Å². The first kappa shape index (κ1) is 30.8. The van der Waals surface area contributed by atoms with Gasteiger partial charge < -0.3 is 34.4 Å². The fourth-order valence-corrected chi connectivity index (χ4v) is 5.38. The van der Waals surface area contributed by atoms with Gasteiger partial charge in [-0.25, -0.2) is 9.78 Å². The Balaban J connectivity index is 1.17. The first-order chi connectivity index (χ1) is 21.2. The molecule has 0 spiro atoms. The lowest BCUT2D eigenvalue weighted by Gasteiger charge is -2.34. The molecule has 0 unspecified atom stereocenters. The Morgan fingerprint density at radius 1 is 0.955 bits per heavy atom. The van der Waals surface area contributed by atoms with E-state index in [1.54, 1.807) is 19.6 Å². The van der Waals surface area contributed by atoms with Crippen molar-refractivity contribution in [1.29, 1.82) is 0 Å². The van der Waals surface area contributed by atoms with Gasteiger partial charge in [0.2, 0.25) is 11.8 Å². The van der Waals surface area contributed by atoms with E-state index in [0.29, 0.717) is 75.5 Å². The Morgan fingerprint density at radius 2 is 1.70 bits per heavy atom. The molecule has 4 heterocycles. The fraction of sp³-hybridized carbons (Fsp3) is 0.484. The number of nitrogens with one attached hydrogen (secondary N) is 1. The summed E-state index contributed by atoms with van der Waals surface area (Å²) in [5.74, 6) is -0.666. The first-order valence-corrected chi connectivity index (χ1v) is 15.0. The molecule has 5 amide bonds. The number of ether oxygens (including phenoxy) is 2. The Bertz CT molecular complexity index is 1480. The molecule has 44 heavy (non-hydrogen) atoms. The highest BCUT2D eigenvalue weighted by Gasteiger charge is 2.31. The summed E-state index contributed by atoms with van der Waals surface area (Å²) in [4.78, 5) is 74.1. The fourth-order valence-electron chi connectivity index (χ4n) is 5.38. The number of benzene rings is 1. The highest BCUT2D eigenvalue weighted by atomic mass is 16.6. The average Bonchev–Trinajstić information content (AvgIpc) is 3.41. The first-order valence-electron chi connectivity index (χ1n) is 15.0. The predicted octanol–water partition coefficient (Wildman–Crippen LogP) is 1.69. The van der Waals surface area contributed by atoms with Gasteiger partial charge in [0.15, 0.2) is 6.61 Å². The zero-order valence-electron chi connectivity index (χ0n) is 25.2. The topological polar surface area (TPSA) is 142 Å². The van der Waals surface area contributed by atoms with Crippen LogP contribution in [0.5, 0.6) is 5.75 Å². The zero-order chi connectivity index (χ0) is 31.2. The number of rotatable bonds is 9. The lowest BCUT2D eigenvalue weighted by molar-refractivity contribution is -0.137. The van der Waals surface area contributed by atoms with Gasteiger partial charge in [0.1, 0.15) is 11.4 Å². The standard InChI is InChI=1S/C31H38N6O7/c1-3-4-15-43-31(42)35-11-9-34(10-12-35)28(39)18-32-30(41)25-17-26(23-7-5-21(2)16-24(23)33-25)44-20-29(40)36-13-14-37-22(19-36)6-8-27(37)38/h5-7,16-17H,3-4,8-15,18-20H2,1-2H3,(H,32,41). The van der Waals surface area contributed by atoms with Gasteiger partial charge in [0, 0.05) is 62.8 Å². The van der Waals surface area contributed by atoms with Crippen molar-refractivity contribution in [3.8, 4) is 5.75 Å². The minimum atomic E-state index is -0.551. The third-order valence-electron chi connectivity index (χ3n) is 7.98. The largest absolute Gasteiger partial charge is 0.483 e. The van der Waals surface area contributed by atoms with Crippen LogP contribution in [0.3, 0.4) is 0 Å². The van der Waals surface area contributed by atoms with Gasteiger partial charge >= 0.3 is 6.09 Å². The molecule has 0 aliphatic carbocycles. The van der Waals surface area contributed by atoms with E-state index in [-0.39, 0.29) is 42.7 Å². The summed E-state index contributed by atoms with van der Waals surface area (Å²) in [6, 6.07) is 7.02. The van der Waals surface area contributed by atoms with E-state index in [2.05, 4.69) is 10.3 Å². The smallest absolute Gasteiger partial charge is 0.409 e. The second kappa shape index (κ2) is 13.7. The van der Waals surface area contributed by atoms with Crippen molar-refractivity contribution in [1.82, 2.24) is 29.9 Å². The molecule has 3 aliphatic heterocycles. The van der Waals surface area contributed by atoms with Crippen LogP contribution in [0.4, 0.5) is 4.79 Å². The molecular weight excluding hydrogens is 568 g/mol. The molecular formula is C31H38N6O7. The Morgan fingerprint density at radius 3 is 2.48 bits per heavy atom. The third kappa shape index (κ3) is 7.09. The molecule has 234 valence electrons. The van der Waals surface area contributed by atoms with Crippen LogP contribution in [0.15, 0.2) is 36.0 Å². The third-order valence-corrected chi connectivity index (χ3v) is 7.98. The number of aromatic nitrogens is 1. The van der Waals surface area contributed by atoms with Crippen LogP contribution in [-0.4, -0.2) is 120 Å². The van der Waals surface area contributed by atoms with E-state index in [4.69, 9.17) is 9.47 Å². The van der Waals surface area contributed by atoms with E-state index in [0.717, 1.165) is 24.1 Å². The van der Waals surface area contributed by atoms with Gasteiger partial charge in [-0.3, -0.25) is 19.2 Å². The number of unbranched alkanes of at least 4 members (excludes halogenated alkanes) is 1. The molecule has 1 aromatic carbocycles. The lowest BCUT2D eigenvalue weighted by atomic mass is 10.1. The Hall–Kier alpha value is -4.68. The van der Waals surface area contributed by atoms with Crippen molar-refractivity contribution >= 4 is 40.6 Å².